The smallest absolute Gasteiger partial charge is 0.176 e. The molecule has 3 nitrogen and oxygen atoms in total. The Morgan fingerprint density at radius 1 is 1.27 bits per heavy atom. The van der Waals surface area contributed by atoms with Crippen molar-refractivity contribution in [3.8, 4) is 10.6 Å². The van der Waals surface area contributed by atoms with E-state index in [1.807, 2.05) is 11.4 Å². The molecule has 0 radical (unpaired) electrons. The molecule has 0 N–H and O–H groups in total. The maximum atomic E-state index is 11.5. The molecule has 0 saturated carbocycles. The third-order valence-corrected chi connectivity index (χ3v) is 3.91. The zero-order valence-corrected chi connectivity index (χ0v) is 9.68. The summed E-state index contributed by atoms with van der Waals surface area (Å²) in [5.41, 5.74) is 0.676. The predicted octanol–water partition coefficient (Wildman–Crippen LogP) is 2.21. The molecule has 0 saturated heterocycles. The third-order valence-electron chi connectivity index (χ3n) is 1.95. The fourth-order valence-electron chi connectivity index (χ4n) is 1.32. The van der Waals surface area contributed by atoms with Crippen LogP contribution < -0.4 is 0 Å². The Bertz CT molecular complexity index is 559. The molecule has 78 valence electrons. The highest BCUT2D eigenvalue weighted by atomic mass is 32.2. The molecule has 0 bridgehead atoms. The van der Waals surface area contributed by atoms with Gasteiger partial charge in [-0.05, 0) is 6.07 Å². The maximum Gasteiger partial charge on any atom is 0.176 e. The first-order chi connectivity index (χ1) is 7.09. The summed E-state index contributed by atoms with van der Waals surface area (Å²) in [6.45, 7) is 0. The minimum absolute atomic E-state index is 0.333. The molecule has 15 heavy (non-hydrogen) atoms. The van der Waals surface area contributed by atoms with Crippen LogP contribution in [0.2, 0.25) is 0 Å². The summed E-state index contributed by atoms with van der Waals surface area (Å²) < 4.78 is 23.1. The summed E-state index contributed by atoms with van der Waals surface area (Å²) in [6, 6.07) is 6.90. The van der Waals surface area contributed by atoms with E-state index in [2.05, 4.69) is 4.98 Å². The van der Waals surface area contributed by atoms with E-state index in [-0.39, 0.29) is 0 Å². The Labute approximate surface area is 92.3 Å². The van der Waals surface area contributed by atoms with Crippen LogP contribution in [0.4, 0.5) is 0 Å². The van der Waals surface area contributed by atoms with Crippen LogP contribution in [0.25, 0.3) is 10.6 Å². The predicted molar refractivity (Wildman–Crippen MR) is 60.7 cm³/mol. The summed E-state index contributed by atoms with van der Waals surface area (Å²) in [5, 5.41) is 2.56. The first kappa shape index (κ1) is 10.3. The lowest BCUT2D eigenvalue weighted by Gasteiger charge is -2.03. The van der Waals surface area contributed by atoms with Crippen molar-refractivity contribution in [2.45, 2.75) is 4.90 Å². The second-order valence-corrected chi connectivity index (χ2v) is 5.98. The van der Waals surface area contributed by atoms with Crippen molar-refractivity contribution in [3.05, 3.63) is 35.8 Å². The van der Waals surface area contributed by atoms with Gasteiger partial charge in [0.25, 0.3) is 0 Å². The lowest BCUT2D eigenvalue weighted by Crippen LogP contribution is -1.99. The van der Waals surface area contributed by atoms with E-state index in [1.165, 1.54) is 17.6 Å². The Kier molecular flexibility index (Phi) is 2.58. The van der Waals surface area contributed by atoms with Crippen molar-refractivity contribution in [2.24, 2.45) is 0 Å². The van der Waals surface area contributed by atoms with Crippen LogP contribution in [-0.4, -0.2) is 19.7 Å². The summed E-state index contributed by atoms with van der Waals surface area (Å²) in [5.74, 6) is 0. The molecule has 1 aromatic heterocycles. The van der Waals surface area contributed by atoms with E-state index in [1.54, 1.807) is 24.4 Å². The Hall–Kier alpha value is -1.20. The number of hydrogen-bond acceptors (Lipinski definition) is 4. The van der Waals surface area contributed by atoms with Crippen molar-refractivity contribution >= 4 is 21.2 Å². The van der Waals surface area contributed by atoms with Gasteiger partial charge in [0.1, 0.15) is 5.01 Å². The van der Waals surface area contributed by atoms with Crippen molar-refractivity contribution < 1.29 is 8.42 Å². The number of thiazole rings is 1. The Balaban J connectivity index is 2.68. The maximum absolute atomic E-state index is 11.5. The molecular formula is C10H9NO2S2. The number of nitrogens with zero attached hydrogens (tertiary/aromatic N) is 1. The van der Waals surface area contributed by atoms with Crippen LogP contribution >= 0.6 is 11.3 Å². The molecule has 1 aromatic carbocycles. The first-order valence-electron chi connectivity index (χ1n) is 4.28. The molecule has 0 aliphatic carbocycles. The minimum atomic E-state index is -3.19. The molecule has 0 aliphatic rings. The normalized spacial score (nSPS) is 11.5. The van der Waals surface area contributed by atoms with Gasteiger partial charge in [0.05, 0.1) is 4.90 Å². The quantitative estimate of drug-likeness (QED) is 0.807. The van der Waals surface area contributed by atoms with Crippen LogP contribution in [0, 0.1) is 0 Å². The molecule has 2 aromatic rings. The van der Waals surface area contributed by atoms with E-state index >= 15 is 0 Å². The van der Waals surface area contributed by atoms with Crippen molar-refractivity contribution in [1.29, 1.82) is 0 Å². The van der Waals surface area contributed by atoms with Crippen molar-refractivity contribution in [2.75, 3.05) is 6.26 Å². The Morgan fingerprint density at radius 2 is 2.00 bits per heavy atom. The van der Waals surface area contributed by atoms with Gasteiger partial charge in [-0.15, -0.1) is 11.3 Å². The van der Waals surface area contributed by atoms with Crippen molar-refractivity contribution in [1.82, 2.24) is 4.98 Å². The molecule has 5 heteroatoms. The number of aromatic nitrogens is 1. The van der Waals surface area contributed by atoms with Gasteiger partial charge in [0, 0.05) is 23.4 Å². The summed E-state index contributed by atoms with van der Waals surface area (Å²) in [7, 11) is -3.19. The highest BCUT2D eigenvalue weighted by Gasteiger charge is 2.14. The zero-order valence-electron chi connectivity index (χ0n) is 8.04. The van der Waals surface area contributed by atoms with Crippen molar-refractivity contribution in [3.63, 3.8) is 0 Å². The molecule has 1 heterocycles. The fraction of sp³-hybridized carbons (Fsp3) is 0.100. The van der Waals surface area contributed by atoms with Gasteiger partial charge in [-0.1, -0.05) is 18.2 Å². The van der Waals surface area contributed by atoms with Gasteiger partial charge in [-0.2, -0.15) is 0 Å². The summed E-state index contributed by atoms with van der Waals surface area (Å²) in [4.78, 5) is 4.45. The van der Waals surface area contributed by atoms with Gasteiger partial charge >= 0.3 is 0 Å². The largest absolute Gasteiger partial charge is 0.245 e. The molecule has 0 amide bonds. The highest BCUT2D eigenvalue weighted by molar-refractivity contribution is 7.90. The second kappa shape index (κ2) is 3.75. The minimum Gasteiger partial charge on any atom is -0.245 e. The van der Waals surface area contributed by atoms with Gasteiger partial charge < -0.3 is 0 Å². The summed E-state index contributed by atoms with van der Waals surface area (Å²) >= 11 is 1.43. The van der Waals surface area contributed by atoms with Crippen LogP contribution in [0.15, 0.2) is 40.7 Å². The summed E-state index contributed by atoms with van der Waals surface area (Å²) in [6.07, 6.45) is 2.87. The first-order valence-corrected chi connectivity index (χ1v) is 7.05. The lowest BCUT2D eigenvalue weighted by molar-refractivity contribution is 0.602. The van der Waals surface area contributed by atoms with Gasteiger partial charge in [0.15, 0.2) is 9.84 Å². The Morgan fingerprint density at radius 3 is 2.60 bits per heavy atom. The molecular weight excluding hydrogens is 230 g/mol. The zero-order chi connectivity index (χ0) is 10.9. The van der Waals surface area contributed by atoms with Crippen LogP contribution in [-0.2, 0) is 9.84 Å². The number of hydrogen-bond donors (Lipinski definition) is 0. The third kappa shape index (κ3) is 2.08. The van der Waals surface area contributed by atoms with Crippen LogP contribution in [0.5, 0.6) is 0 Å². The fourth-order valence-corrected chi connectivity index (χ4v) is 2.95. The van der Waals surface area contributed by atoms with Gasteiger partial charge in [-0.25, -0.2) is 13.4 Å². The lowest BCUT2D eigenvalue weighted by atomic mass is 10.2. The van der Waals surface area contributed by atoms with E-state index in [0.717, 1.165) is 5.01 Å². The highest BCUT2D eigenvalue weighted by Crippen LogP contribution is 2.28. The van der Waals surface area contributed by atoms with Crippen LogP contribution in [0.1, 0.15) is 0 Å². The second-order valence-electron chi connectivity index (χ2n) is 3.11. The van der Waals surface area contributed by atoms with Gasteiger partial charge in [-0.3, -0.25) is 0 Å². The van der Waals surface area contributed by atoms with E-state index in [9.17, 15) is 8.42 Å². The monoisotopic (exact) mass is 239 g/mol. The van der Waals surface area contributed by atoms with Crippen LogP contribution in [0.3, 0.4) is 0 Å². The topological polar surface area (TPSA) is 47.0 Å². The van der Waals surface area contributed by atoms with E-state index < -0.39 is 9.84 Å². The molecule has 2 rings (SSSR count). The van der Waals surface area contributed by atoms with E-state index in [4.69, 9.17) is 0 Å². The average Bonchev–Trinajstić information content (AvgIpc) is 2.69. The molecule has 0 fully saturated rings. The number of benzene rings is 1. The molecule has 0 unspecified atom stereocenters. The van der Waals surface area contributed by atoms with Gasteiger partial charge in [0.2, 0.25) is 0 Å². The van der Waals surface area contributed by atoms with E-state index in [0.29, 0.717) is 10.5 Å². The number of rotatable bonds is 2. The average molecular weight is 239 g/mol. The molecule has 0 aliphatic heterocycles. The SMILES string of the molecule is CS(=O)(=O)c1ccccc1-c1nccs1. The number of sulfone groups is 1. The molecule has 0 spiro atoms. The molecule has 0 atom stereocenters. The standard InChI is InChI=1S/C10H9NO2S2/c1-15(12,13)9-5-3-2-4-8(9)10-11-6-7-14-10/h2-7H,1H3.